The Morgan fingerprint density at radius 2 is 2.20 bits per heavy atom. The standard InChI is InChI=1S/C17H20N2O/c1-18-17(14-10-11-7-8-16(14)20-11)13-4-2-6-15-12(13)5-3-9-19-15/h2-6,9,11,14,16-18H,7-8,10H2,1H3. The van der Waals surface area contributed by atoms with Gasteiger partial charge in [0.1, 0.15) is 0 Å². The maximum absolute atomic E-state index is 6.05. The molecule has 3 heterocycles. The van der Waals surface area contributed by atoms with Gasteiger partial charge in [-0.25, -0.2) is 0 Å². The summed E-state index contributed by atoms with van der Waals surface area (Å²) in [5.74, 6) is 0.588. The second-order valence-corrected chi connectivity index (χ2v) is 5.96. The van der Waals surface area contributed by atoms with Crippen LogP contribution in [0.5, 0.6) is 0 Å². The van der Waals surface area contributed by atoms with E-state index in [1.165, 1.54) is 30.2 Å². The maximum atomic E-state index is 6.05. The van der Waals surface area contributed by atoms with Gasteiger partial charge in [0.2, 0.25) is 0 Å². The van der Waals surface area contributed by atoms with E-state index in [1.54, 1.807) is 0 Å². The first-order valence-electron chi connectivity index (χ1n) is 7.53. The minimum atomic E-state index is 0.359. The number of rotatable bonds is 3. The molecule has 2 fully saturated rings. The third kappa shape index (κ3) is 1.85. The molecule has 2 aromatic rings. The Morgan fingerprint density at radius 1 is 1.25 bits per heavy atom. The average molecular weight is 268 g/mol. The van der Waals surface area contributed by atoms with Crippen LogP contribution in [0.15, 0.2) is 36.5 Å². The molecule has 2 saturated heterocycles. The molecule has 104 valence electrons. The van der Waals surface area contributed by atoms with E-state index in [1.807, 2.05) is 12.3 Å². The Hall–Kier alpha value is -1.45. The van der Waals surface area contributed by atoms with E-state index in [0.717, 1.165) is 5.52 Å². The van der Waals surface area contributed by atoms with Crippen LogP contribution in [0.3, 0.4) is 0 Å². The predicted molar refractivity (Wildman–Crippen MR) is 79.5 cm³/mol. The van der Waals surface area contributed by atoms with Gasteiger partial charge in [0.25, 0.3) is 0 Å². The second-order valence-electron chi connectivity index (χ2n) is 5.96. The zero-order chi connectivity index (χ0) is 13.5. The van der Waals surface area contributed by atoms with Crippen LogP contribution >= 0.6 is 0 Å². The van der Waals surface area contributed by atoms with Gasteiger partial charge in [0.05, 0.1) is 17.7 Å². The summed E-state index contributed by atoms with van der Waals surface area (Å²) >= 11 is 0. The first kappa shape index (κ1) is 12.3. The molecule has 0 saturated carbocycles. The lowest BCUT2D eigenvalue weighted by Crippen LogP contribution is -2.31. The third-order valence-electron chi connectivity index (χ3n) is 4.91. The minimum Gasteiger partial charge on any atom is -0.375 e. The number of hydrogen-bond acceptors (Lipinski definition) is 3. The quantitative estimate of drug-likeness (QED) is 0.929. The summed E-state index contributed by atoms with van der Waals surface area (Å²) in [4.78, 5) is 4.47. The van der Waals surface area contributed by atoms with Gasteiger partial charge in [-0.1, -0.05) is 18.2 Å². The molecule has 1 aromatic carbocycles. The molecule has 3 heteroatoms. The summed E-state index contributed by atoms with van der Waals surface area (Å²) in [6.45, 7) is 0. The highest BCUT2D eigenvalue weighted by Crippen LogP contribution is 2.45. The van der Waals surface area contributed by atoms with Crippen molar-refractivity contribution in [3.8, 4) is 0 Å². The summed E-state index contributed by atoms with van der Waals surface area (Å²) in [6.07, 6.45) is 6.44. The summed E-state index contributed by atoms with van der Waals surface area (Å²) in [7, 11) is 2.06. The number of nitrogens with zero attached hydrogens (tertiary/aromatic N) is 1. The highest BCUT2D eigenvalue weighted by atomic mass is 16.5. The Balaban J connectivity index is 1.76. The second kappa shape index (κ2) is 4.83. The number of ether oxygens (including phenoxy) is 1. The molecule has 4 atom stereocenters. The number of pyridine rings is 1. The molecule has 0 spiro atoms. The molecule has 20 heavy (non-hydrogen) atoms. The lowest BCUT2D eigenvalue weighted by Gasteiger charge is -2.29. The number of benzene rings is 1. The summed E-state index contributed by atoms with van der Waals surface area (Å²) in [5, 5.41) is 4.79. The van der Waals surface area contributed by atoms with Crippen molar-refractivity contribution in [3.05, 3.63) is 42.1 Å². The molecule has 2 aliphatic heterocycles. The fourth-order valence-corrected chi connectivity index (χ4v) is 4.03. The first-order valence-corrected chi connectivity index (χ1v) is 7.53. The van der Waals surface area contributed by atoms with Crippen molar-refractivity contribution in [2.24, 2.45) is 5.92 Å². The minimum absolute atomic E-state index is 0.359. The van der Waals surface area contributed by atoms with Crippen molar-refractivity contribution in [2.45, 2.75) is 37.5 Å². The van der Waals surface area contributed by atoms with E-state index >= 15 is 0 Å². The van der Waals surface area contributed by atoms with Crippen LogP contribution in [0.2, 0.25) is 0 Å². The fraction of sp³-hybridized carbons (Fsp3) is 0.471. The maximum Gasteiger partial charge on any atom is 0.0705 e. The first-order chi connectivity index (χ1) is 9.86. The van der Waals surface area contributed by atoms with E-state index in [9.17, 15) is 0 Å². The Bertz CT molecular complexity index is 622. The molecule has 0 aliphatic carbocycles. The molecule has 3 nitrogen and oxygen atoms in total. The molecule has 1 N–H and O–H groups in total. The molecule has 4 unspecified atom stereocenters. The summed E-state index contributed by atoms with van der Waals surface area (Å²) < 4.78 is 6.05. The molecular weight excluding hydrogens is 248 g/mol. The van der Waals surface area contributed by atoms with Gasteiger partial charge in [-0.15, -0.1) is 0 Å². The van der Waals surface area contributed by atoms with Gasteiger partial charge in [-0.3, -0.25) is 4.98 Å². The van der Waals surface area contributed by atoms with E-state index in [4.69, 9.17) is 4.74 Å². The number of fused-ring (bicyclic) bond motifs is 3. The van der Waals surface area contributed by atoms with Crippen molar-refractivity contribution >= 4 is 10.9 Å². The van der Waals surface area contributed by atoms with Crippen LogP contribution in [0.25, 0.3) is 10.9 Å². The van der Waals surface area contributed by atoms with Gasteiger partial charge in [0.15, 0.2) is 0 Å². The van der Waals surface area contributed by atoms with E-state index in [2.05, 4.69) is 41.6 Å². The zero-order valence-corrected chi connectivity index (χ0v) is 11.8. The number of hydrogen-bond donors (Lipinski definition) is 1. The Morgan fingerprint density at radius 3 is 2.95 bits per heavy atom. The molecule has 4 rings (SSSR count). The van der Waals surface area contributed by atoms with Crippen LogP contribution in [0.1, 0.15) is 30.9 Å². The molecule has 2 aliphatic rings. The van der Waals surface area contributed by atoms with Crippen LogP contribution < -0.4 is 5.32 Å². The fourth-order valence-electron chi connectivity index (χ4n) is 4.03. The highest BCUT2D eigenvalue weighted by Gasteiger charge is 2.44. The lowest BCUT2D eigenvalue weighted by atomic mass is 9.80. The SMILES string of the molecule is CNC(c1cccc2ncccc12)C1CC2CCC1O2. The topological polar surface area (TPSA) is 34.2 Å². The summed E-state index contributed by atoms with van der Waals surface area (Å²) in [5.41, 5.74) is 2.44. The average Bonchev–Trinajstić information content (AvgIpc) is 3.11. The van der Waals surface area contributed by atoms with Crippen molar-refractivity contribution < 1.29 is 4.74 Å². The Kier molecular flexibility index (Phi) is 2.97. The van der Waals surface area contributed by atoms with Crippen molar-refractivity contribution in [2.75, 3.05) is 7.05 Å². The number of nitrogens with one attached hydrogen (secondary N) is 1. The van der Waals surface area contributed by atoms with E-state index in [-0.39, 0.29) is 0 Å². The largest absolute Gasteiger partial charge is 0.375 e. The lowest BCUT2D eigenvalue weighted by molar-refractivity contribution is 0.0864. The zero-order valence-electron chi connectivity index (χ0n) is 11.8. The molecule has 0 radical (unpaired) electrons. The van der Waals surface area contributed by atoms with Gasteiger partial charge in [-0.2, -0.15) is 0 Å². The van der Waals surface area contributed by atoms with Crippen molar-refractivity contribution in [3.63, 3.8) is 0 Å². The smallest absolute Gasteiger partial charge is 0.0705 e. The van der Waals surface area contributed by atoms with Crippen LogP contribution in [-0.2, 0) is 4.74 Å². The van der Waals surface area contributed by atoms with Crippen LogP contribution in [-0.4, -0.2) is 24.2 Å². The molecule has 0 amide bonds. The van der Waals surface area contributed by atoms with Gasteiger partial charge >= 0.3 is 0 Å². The third-order valence-corrected chi connectivity index (χ3v) is 4.91. The summed E-state index contributed by atoms with van der Waals surface area (Å²) in [6, 6.07) is 11.0. The normalized spacial score (nSPS) is 29.9. The van der Waals surface area contributed by atoms with Crippen LogP contribution in [0.4, 0.5) is 0 Å². The van der Waals surface area contributed by atoms with Gasteiger partial charge in [-0.05, 0) is 44.0 Å². The van der Waals surface area contributed by atoms with Gasteiger partial charge < -0.3 is 10.1 Å². The highest BCUT2D eigenvalue weighted by molar-refractivity contribution is 5.82. The van der Waals surface area contributed by atoms with Crippen LogP contribution in [0, 0.1) is 5.92 Å². The van der Waals surface area contributed by atoms with Gasteiger partial charge in [0, 0.05) is 23.5 Å². The molecular formula is C17H20N2O. The predicted octanol–water partition coefficient (Wildman–Crippen LogP) is 3.06. The number of aromatic nitrogens is 1. The molecule has 1 aromatic heterocycles. The monoisotopic (exact) mass is 268 g/mol. The van der Waals surface area contributed by atoms with Crippen molar-refractivity contribution in [1.29, 1.82) is 0 Å². The van der Waals surface area contributed by atoms with E-state index < -0.39 is 0 Å². The van der Waals surface area contributed by atoms with Crippen molar-refractivity contribution in [1.82, 2.24) is 10.3 Å². The van der Waals surface area contributed by atoms with E-state index in [0.29, 0.717) is 24.2 Å². The Labute approximate surface area is 119 Å². The molecule has 2 bridgehead atoms.